The van der Waals surface area contributed by atoms with E-state index in [1.165, 1.54) is 32.1 Å². The van der Waals surface area contributed by atoms with Crippen molar-refractivity contribution in [3.63, 3.8) is 0 Å². The maximum absolute atomic E-state index is 5.06. The lowest BCUT2D eigenvalue weighted by molar-refractivity contribution is 0.641. The Hall–Kier alpha value is -0.880. The minimum absolute atomic E-state index is 0.606. The molecule has 0 spiro atoms. The van der Waals surface area contributed by atoms with Gasteiger partial charge in [-0.15, -0.1) is 12.3 Å². The van der Waals surface area contributed by atoms with Crippen LogP contribution in [0.25, 0.3) is 0 Å². The first-order valence-electron chi connectivity index (χ1n) is 4.81. The maximum atomic E-state index is 5.06. The van der Waals surface area contributed by atoms with Crippen LogP contribution in [0.3, 0.4) is 0 Å². The molecule has 0 aromatic heterocycles. The third kappa shape index (κ3) is 9.12. The zero-order chi connectivity index (χ0) is 9.07. The van der Waals surface area contributed by atoms with Crippen molar-refractivity contribution in [3.8, 4) is 24.2 Å². The highest BCUT2D eigenvalue weighted by Crippen LogP contribution is 2.03. The van der Waals surface area contributed by atoms with Gasteiger partial charge < -0.3 is 0 Å². The van der Waals surface area contributed by atoms with Crippen LogP contribution < -0.4 is 0 Å². The van der Waals surface area contributed by atoms with E-state index in [9.17, 15) is 0 Å². The van der Waals surface area contributed by atoms with Crippen LogP contribution in [0, 0.1) is 24.2 Å². The van der Waals surface area contributed by atoms with Gasteiger partial charge in [-0.05, 0) is 6.42 Å². The van der Waals surface area contributed by atoms with E-state index >= 15 is 0 Å². The fraction of sp³-hybridized carbons (Fsp3) is 0.667. The first kappa shape index (κ1) is 11.1. The minimum Gasteiger partial charge on any atom is -0.119 e. The molecule has 0 unspecified atom stereocenters. The summed E-state index contributed by atoms with van der Waals surface area (Å²) in [5, 5.41) is 0. The molecule has 0 nitrogen and oxygen atoms in total. The molecule has 66 valence electrons. The molecule has 0 aliphatic carbocycles. The van der Waals surface area contributed by atoms with Gasteiger partial charge in [0.15, 0.2) is 0 Å². The molecule has 0 saturated carbocycles. The van der Waals surface area contributed by atoms with Gasteiger partial charge in [0, 0.05) is 6.42 Å². The molecular weight excluding hydrogens is 144 g/mol. The first-order chi connectivity index (χ1) is 5.91. The molecule has 0 atom stereocenters. The number of unbranched alkanes of at least 4 members (excludes halogenated alkanes) is 5. The highest BCUT2D eigenvalue weighted by molar-refractivity contribution is 5.07. The van der Waals surface area contributed by atoms with E-state index in [1.54, 1.807) is 0 Å². The summed E-state index contributed by atoms with van der Waals surface area (Å²) >= 11 is 0. The van der Waals surface area contributed by atoms with Gasteiger partial charge in [-0.3, -0.25) is 0 Å². The lowest BCUT2D eigenvalue weighted by Gasteiger charge is -1.94. The molecular formula is C12H18. The van der Waals surface area contributed by atoms with Crippen LogP contribution in [0.15, 0.2) is 0 Å². The molecule has 0 radical (unpaired) electrons. The Bertz CT molecular complexity index is 172. The Morgan fingerprint density at radius 1 is 1.00 bits per heavy atom. The Labute approximate surface area is 76.8 Å². The van der Waals surface area contributed by atoms with Crippen molar-refractivity contribution in [2.24, 2.45) is 0 Å². The van der Waals surface area contributed by atoms with E-state index in [0.29, 0.717) is 6.42 Å². The van der Waals surface area contributed by atoms with Crippen molar-refractivity contribution in [2.45, 2.75) is 51.9 Å². The number of hydrogen-bond donors (Lipinski definition) is 0. The van der Waals surface area contributed by atoms with E-state index in [2.05, 4.69) is 24.7 Å². The second kappa shape index (κ2) is 10.1. The van der Waals surface area contributed by atoms with Gasteiger partial charge in [0.05, 0.1) is 6.42 Å². The van der Waals surface area contributed by atoms with Crippen LogP contribution in [0.5, 0.6) is 0 Å². The third-order valence-corrected chi connectivity index (χ3v) is 1.72. The smallest absolute Gasteiger partial charge is 0.0700 e. The monoisotopic (exact) mass is 162 g/mol. The molecule has 0 heteroatoms. The van der Waals surface area contributed by atoms with Crippen molar-refractivity contribution in [2.75, 3.05) is 0 Å². The Morgan fingerprint density at radius 2 is 1.75 bits per heavy atom. The van der Waals surface area contributed by atoms with Gasteiger partial charge in [0.1, 0.15) is 0 Å². The summed E-state index contributed by atoms with van der Waals surface area (Å²) in [5.74, 6) is 8.52. The lowest BCUT2D eigenvalue weighted by Crippen LogP contribution is -1.75. The van der Waals surface area contributed by atoms with Crippen LogP contribution in [0.2, 0.25) is 0 Å². The predicted octanol–water partition coefficient (Wildman–Crippen LogP) is 3.37. The van der Waals surface area contributed by atoms with Crippen LogP contribution in [-0.4, -0.2) is 0 Å². The molecule has 0 fully saturated rings. The van der Waals surface area contributed by atoms with Crippen molar-refractivity contribution in [1.29, 1.82) is 0 Å². The standard InChI is InChI=1S/C12H18/c1-3-5-7-9-11-12-10-8-6-4-2/h1H,4-6,8,10-12H2,2H3. The molecule has 0 N–H and O–H groups in total. The van der Waals surface area contributed by atoms with Crippen LogP contribution in [0.4, 0.5) is 0 Å². The average molecular weight is 162 g/mol. The van der Waals surface area contributed by atoms with Gasteiger partial charge in [-0.2, -0.15) is 0 Å². The number of terminal acetylenes is 1. The maximum Gasteiger partial charge on any atom is 0.0700 e. The second-order valence-corrected chi connectivity index (χ2v) is 2.90. The first-order valence-corrected chi connectivity index (χ1v) is 4.81. The van der Waals surface area contributed by atoms with Crippen molar-refractivity contribution in [1.82, 2.24) is 0 Å². The summed E-state index contributed by atoms with van der Waals surface area (Å²) in [6, 6.07) is 0. The van der Waals surface area contributed by atoms with Crippen molar-refractivity contribution >= 4 is 0 Å². The number of hydrogen-bond acceptors (Lipinski definition) is 0. The Morgan fingerprint density at radius 3 is 2.42 bits per heavy atom. The minimum atomic E-state index is 0.606. The van der Waals surface area contributed by atoms with Crippen molar-refractivity contribution in [3.05, 3.63) is 0 Å². The fourth-order valence-corrected chi connectivity index (χ4v) is 1.02. The van der Waals surface area contributed by atoms with Gasteiger partial charge in [0.25, 0.3) is 0 Å². The molecule has 0 aromatic rings. The van der Waals surface area contributed by atoms with E-state index in [4.69, 9.17) is 6.42 Å². The number of rotatable bonds is 5. The zero-order valence-corrected chi connectivity index (χ0v) is 8.03. The average Bonchev–Trinajstić information content (AvgIpc) is 2.10. The summed E-state index contributed by atoms with van der Waals surface area (Å²) in [5.41, 5.74) is 0. The summed E-state index contributed by atoms with van der Waals surface area (Å²) < 4.78 is 0. The largest absolute Gasteiger partial charge is 0.119 e. The molecule has 0 heterocycles. The van der Waals surface area contributed by atoms with Gasteiger partial charge in [0.2, 0.25) is 0 Å². The summed E-state index contributed by atoms with van der Waals surface area (Å²) in [6.07, 6.45) is 13.3. The van der Waals surface area contributed by atoms with E-state index in [-0.39, 0.29) is 0 Å². The SMILES string of the molecule is C#CCC#CCCCCCCC. The Balaban J connectivity index is 3.02. The second-order valence-electron chi connectivity index (χ2n) is 2.90. The normalized spacial score (nSPS) is 8.33. The van der Waals surface area contributed by atoms with E-state index < -0.39 is 0 Å². The molecule has 0 aliphatic rings. The molecule has 0 saturated heterocycles. The summed E-state index contributed by atoms with van der Waals surface area (Å²) in [6.45, 7) is 2.23. The van der Waals surface area contributed by atoms with Crippen molar-refractivity contribution < 1.29 is 0 Å². The predicted molar refractivity (Wildman–Crippen MR) is 54.6 cm³/mol. The fourth-order valence-electron chi connectivity index (χ4n) is 1.02. The highest BCUT2D eigenvalue weighted by Gasteiger charge is 1.85. The molecule has 12 heavy (non-hydrogen) atoms. The van der Waals surface area contributed by atoms with Gasteiger partial charge in [-0.25, -0.2) is 0 Å². The highest BCUT2D eigenvalue weighted by atomic mass is 13.9. The molecule has 0 rings (SSSR count). The van der Waals surface area contributed by atoms with Crippen LogP contribution in [0.1, 0.15) is 51.9 Å². The molecule has 0 aromatic carbocycles. The summed E-state index contributed by atoms with van der Waals surface area (Å²) in [7, 11) is 0. The summed E-state index contributed by atoms with van der Waals surface area (Å²) in [4.78, 5) is 0. The van der Waals surface area contributed by atoms with Gasteiger partial charge in [-0.1, -0.05) is 44.4 Å². The quantitative estimate of drug-likeness (QED) is 0.429. The van der Waals surface area contributed by atoms with E-state index in [1.807, 2.05) is 0 Å². The van der Waals surface area contributed by atoms with Gasteiger partial charge >= 0.3 is 0 Å². The van der Waals surface area contributed by atoms with E-state index in [0.717, 1.165) is 6.42 Å². The van der Waals surface area contributed by atoms with Crippen LogP contribution >= 0.6 is 0 Å². The zero-order valence-electron chi connectivity index (χ0n) is 8.03. The molecule has 0 bridgehead atoms. The topological polar surface area (TPSA) is 0 Å². The molecule has 0 aliphatic heterocycles. The van der Waals surface area contributed by atoms with Crippen LogP contribution in [-0.2, 0) is 0 Å². The Kier molecular flexibility index (Phi) is 9.38. The molecule has 0 amide bonds. The third-order valence-electron chi connectivity index (χ3n) is 1.72. The lowest BCUT2D eigenvalue weighted by atomic mass is 10.1.